The van der Waals surface area contributed by atoms with Crippen molar-refractivity contribution in [1.82, 2.24) is 4.90 Å². The fourth-order valence-electron chi connectivity index (χ4n) is 1.79. The lowest BCUT2D eigenvalue weighted by atomic mass is 10.1. The van der Waals surface area contributed by atoms with E-state index in [1.807, 2.05) is 0 Å². The molecule has 0 bridgehead atoms. The zero-order valence-corrected chi connectivity index (χ0v) is 9.24. The normalized spacial score (nSPS) is 37.9. The van der Waals surface area contributed by atoms with Crippen molar-refractivity contribution in [3.05, 3.63) is 11.1 Å². The summed E-state index contributed by atoms with van der Waals surface area (Å²) in [6.07, 6.45) is -4.33. The van der Waals surface area contributed by atoms with E-state index in [2.05, 4.69) is 0 Å². The number of ether oxygens (including phenoxy) is 1. The average Bonchev–Trinajstić information content (AvgIpc) is 2.69. The summed E-state index contributed by atoms with van der Waals surface area (Å²) >= 11 is 5.49. The highest BCUT2D eigenvalue weighted by Gasteiger charge is 2.50. The second-order valence-corrected chi connectivity index (χ2v) is 4.14. The number of carbonyl (C=O) groups excluding carboxylic acids is 2. The third kappa shape index (κ3) is 1.85. The molecule has 4 atom stereocenters. The maximum absolute atomic E-state index is 11.5. The van der Waals surface area contributed by atoms with E-state index in [0.717, 1.165) is 6.08 Å². The molecule has 2 aliphatic heterocycles. The summed E-state index contributed by atoms with van der Waals surface area (Å²) in [4.78, 5) is 23.6. The van der Waals surface area contributed by atoms with E-state index < -0.39 is 43.0 Å². The van der Waals surface area contributed by atoms with Crippen LogP contribution in [0.4, 0.5) is 0 Å². The lowest BCUT2D eigenvalue weighted by molar-refractivity contribution is -0.158. The van der Waals surface area contributed by atoms with Gasteiger partial charge in [-0.05, 0) is 0 Å². The summed E-state index contributed by atoms with van der Waals surface area (Å²) in [5.41, 5.74) is 0. The SMILES string of the molecule is O=C1C=C(Cl)C(=O)N1C1O[C@H](CO)[C@@H](O)[C@H]1O. The number of carbonyl (C=O) groups is 2. The molecule has 7 nitrogen and oxygen atoms in total. The molecular weight excluding hydrogens is 254 g/mol. The highest BCUT2D eigenvalue weighted by atomic mass is 35.5. The number of aliphatic hydroxyl groups is 3. The Morgan fingerprint density at radius 3 is 2.41 bits per heavy atom. The first-order chi connectivity index (χ1) is 7.97. The number of halogens is 1. The van der Waals surface area contributed by atoms with Crippen LogP contribution in [0.2, 0.25) is 0 Å². The molecule has 94 valence electrons. The minimum absolute atomic E-state index is 0.285. The van der Waals surface area contributed by atoms with Crippen molar-refractivity contribution in [2.45, 2.75) is 24.5 Å². The van der Waals surface area contributed by atoms with Crippen LogP contribution in [0, 0.1) is 0 Å². The van der Waals surface area contributed by atoms with Gasteiger partial charge in [0.05, 0.1) is 6.61 Å². The molecule has 1 fully saturated rings. The Kier molecular flexibility index (Phi) is 3.19. The molecular formula is C9H10ClNO6. The molecule has 8 heteroatoms. The minimum Gasteiger partial charge on any atom is -0.394 e. The van der Waals surface area contributed by atoms with E-state index in [4.69, 9.17) is 21.4 Å². The van der Waals surface area contributed by atoms with Crippen molar-refractivity contribution in [3.63, 3.8) is 0 Å². The van der Waals surface area contributed by atoms with E-state index in [1.165, 1.54) is 0 Å². The predicted octanol–water partition coefficient (Wildman–Crippen LogP) is -2.08. The number of hydrogen-bond donors (Lipinski definition) is 3. The molecule has 2 heterocycles. The highest BCUT2D eigenvalue weighted by molar-refractivity contribution is 6.46. The second-order valence-electron chi connectivity index (χ2n) is 3.73. The number of imide groups is 1. The fraction of sp³-hybridized carbons (Fsp3) is 0.556. The van der Waals surface area contributed by atoms with E-state index in [1.54, 1.807) is 0 Å². The van der Waals surface area contributed by atoms with Crippen LogP contribution in [0.25, 0.3) is 0 Å². The minimum atomic E-state index is -1.48. The molecule has 0 aromatic heterocycles. The van der Waals surface area contributed by atoms with E-state index >= 15 is 0 Å². The van der Waals surface area contributed by atoms with Crippen LogP contribution < -0.4 is 0 Å². The number of rotatable bonds is 2. The second kappa shape index (κ2) is 4.35. The largest absolute Gasteiger partial charge is 0.394 e. The molecule has 17 heavy (non-hydrogen) atoms. The topological polar surface area (TPSA) is 107 Å². The molecule has 0 spiro atoms. The van der Waals surface area contributed by atoms with Crippen molar-refractivity contribution in [3.8, 4) is 0 Å². The van der Waals surface area contributed by atoms with Crippen molar-refractivity contribution in [2.75, 3.05) is 6.61 Å². The molecule has 2 rings (SSSR count). The Morgan fingerprint density at radius 1 is 1.35 bits per heavy atom. The van der Waals surface area contributed by atoms with Crippen molar-refractivity contribution >= 4 is 23.4 Å². The summed E-state index contributed by atoms with van der Waals surface area (Å²) in [5.74, 6) is -1.53. The third-order valence-corrected chi connectivity index (χ3v) is 2.95. The van der Waals surface area contributed by atoms with Crippen molar-refractivity contribution in [2.24, 2.45) is 0 Å². The first-order valence-corrected chi connectivity index (χ1v) is 5.22. The molecule has 0 aliphatic carbocycles. The Balaban J connectivity index is 2.20. The summed E-state index contributed by atoms with van der Waals surface area (Å²) in [5, 5.41) is 27.7. The van der Waals surface area contributed by atoms with Gasteiger partial charge < -0.3 is 20.1 Å². The molecule has 1 unspecified atom stereocenters. The molecule has 0 aromatic carbocycles. The van der Waals surface area contributed by atoms with Gasteiger partial charge in [-0.15, -0.1) is 0 Å². The third-order valence-electron chi connectivity index (χ3n) is 2.68. The van der Waals surface area contributed by atoms with Gasteiger partial charge in [0.1, 0.15) is 23.3 Å². The van der Waals surface area contributed by atoms with Crippen LogP contribution in [0.3, 0.4) is 0 Å². The molecule has 0 saturated carbocycles. The maximum atomic E-state index is 11.5. The molecule has 3 N–H and O–H groups in total. The Bertz CT molecular complexity index is 397. The number of amides is 2. The average molecular weight is 264 g/mol. The Morgan fingerprint density at radius 2 is 2.00 bits per heavy atom. The highest BCUT2D eigenvalue weighted by Crippen LogP contribution is 2.28. The lowest BCUT2D eigenvalue weighted by Crippen LogP contribution is -2.47. The van der Waals surface area contributed by atoms with Gasteiger partial charge in [-0.3, -0.25) is 9.59 Å². The lowest BCUT2D eigenvalue weighted by Gasteiger charge is -2.24. The van der Waals surface area contributed by atoms with Gasteiger partial charge >= 0.3 is 0 Å². The molecule has 2 amide bonds. The van der Waals surface area contributed by atoms with Crippen LogP contribution in [0.15, 0.2) is 11.1 Å². The van der Waals surface area contributed by atoms with Crippen LogP contribution in [0.1, 0.15) is 0 Å². The summed E-state index contributed by atoms with van der Waals surface area (Å²) in [6.45, 7) is -0.536. The first kappa shape index (κ1) is 12.5. The van der Waals surface area contributed by atoms with Gasteiger partial charge in [0.25, 0.3) is 11.8 Å². The van der Waals surface area contributed by atoms with Gasteiger partial charge in [-0.25, -0.2) is 4.90 Å². The fourth-order valence-corrected chi connectivity index (χ4v) is 1.97. The van der Waals surface area contributed by atoms with E-state index in [9.17, 15) is 19.8 Å². The van der Waals surface area contributed by atoms with Gasteiger partial charge in [0.15, 0.2) is 6.23 Å². The zero-order chi connectivity index (χ0) is 12.7. The Labute approximate surface area is 101 Å². The van der Waals surface area contributed by atoms with Crippen LogP contribution in [0.5, 0.6) is 0 Å². The van der Waals surface area contributed by atoms with Gasteiger partial charge in [0, 0.05) is 6.08 Å². The van der Waals surface area contributed by atoms with Gasteiger partial charge in [-0.1, -0.05) is 11.6 Å². The first-order valence-electron chi connectivity index (χ1n) is 4.84. The molecule has 2 aliphatic rings. The summed E-state index contributed by atoms with van der Waals surface area (Å²) < 4.78 is 5.05. The maximum Gasteiger partial charge on any atom is 0.274 e. The van der Waals surface area contributed by atoms with Gasteiger partial charge in [0.2, 0.25) is 0 Å². The van der Waals surface area contributed by atoms with Crippen LogP contribution in [-0.4, -0.2) is 63.2 Å². The molecule has 0 radical (unpaired) electrons. The molecule has 1 saturated heterocycles. The molecule has 0 aromatic rings. The standard InChI is InChI=1S/C9H10ClNO6/c10-3-1-5(13)11(8(3)16)9-7(15)6(14)4(2-12)17-9/h1,4,6-7,9,12,14-15H,2H2/t4-,6-,7-,9?/m1/s1. The quantitative estimate of drug-likeness (QED) is 0.494. The summed E-state index contributed by atoms with van der Waals surface area (Å²) in [6, 6.07) is 0. The number of aliphatic hydroxyl groups excluding tert-OH is 3. The smallest absolute Gasteiger partial charge is 0.274 e. The van der Waals surface area contributed by atoms with Crippen LogP contribution >= 0.6 is 11.6 Å². The van der Waals surface area contributed by atoms with Gasteiger partial charge in [-0.2, -0.15) is 0 Å². The van der Waals surface area contributed by atoms with Crippen molar-refractivity contribution < 1.29 is 29.6 Å². The number of hydrogen-bond acceptors (Lipinski definition) is 6. The Hall–Kier alpha value is -0.990. The van der Waals surface area contributed by atoms with E-state index in [0.29, 0.717) is 4.90 Å². The zero-order valence-electron chi connectivity index (χ0n) is 8.49. The summed E-state index contributed by atoms with van der Waals surface area (Å²) in [7, 11) is 0. The number of nitrogens with zero attached hydrogens (tertiary/aromatic N) is 1. The van der Waals surface area contributed by atoms with Crippen LogP contribution in [-0.2, 0) is 14.3 Å². The monoisotopic (exact) mass is 263 g/mol. The van der Waals surface area contributed by atoms with Crippen molar-refractivity contribution in [1.29, 1.82) is 0 Å². The predicted molar refractivity (Wildman–Crippen MR) is 53.5 cm³/mol. The van der Waals surface area contributed by atoms with E-state index in [-0.39, 0.29) is 5.03 Å².